The number of benzene rings is 6. The number of carbonyl (C=O) groups excluding carboxylic acids is 6. The molecule has 12 nitrogen and oxygen atoms in total. The first-order valence-corrected chi connectivity index (χ1v) is 20.2. The van der Waals surface area contributed by atoms with Crippen LogP contribution in [0.15, 0.2) is 131 Å². The average molecular weight is 857 g/mol. The van der Waals surface area contributed by atoms with Crippen LogP contribution in [0, 0.1) is 13.8 Å². The summed E-state index contributed by atoms with van der Waals surface area (Å²) in [6, 6.07) is 26.6. The first-order chi connectivity index (χ1) is 29.3. The summed E-state index contributed by atoms with van der Waals surface area (Å²) < 4.78 is 70.9. The number of rotatable bonds is 8. The van der Waals surface area contributed by atoms with Crippen molar-refractivity contribution in [1.82, 2.24) is 4.90 Å². The third-order valence-corrected chi connectivity index (χ3v) is 12.3. The van der Waals surface area contributed by atoms with Crippen LogP contribution in [0.1, 0.15) is 78.8 Å². The maximum atomic E-state index is 14.4. The Bertz CT molecular complexity index is 3110. The Kier molecular flexibility index (Phi) is 9.98. The van der Waals surface area contributed by atoms with Crippen LogP contribution in [0.4, 0.5) is 30.2 Å². The van der Waals surface area contributed by atoms with Crippen LogP contribution in [-0.2, 0) is 16.0 Å². The van der Waals surface area contributed by atoms with E-state index in [0.29, 0.717) is 16.0 Å². The van der Waals surface area contributed by atoms with Gasteiger partial charge in [0.1, 0.15) is 0 Å². The van der Waals surface area contributed by atoms with Crippen LogP contribution >= 0.6 is 0 Å². The maximum absolute atomic E-state index is 14.4. The lowest BCUT2D eigenvalue weighted by atomic mass is 9.94. The number of nitrogens with one attached hydrogen (secondary N) is 2. The lowest BCUT2D eigenvalue weighted by Gasteiger charge is -2.20. The molecule has 8 rings (SSSR count). The zero-order chi connectivity index (χ0) is 44.4. The third kappa shape index (κ3) is 7.19. The first-order valence-electron chi connectivity index (χ1n) is 18.7. The Balaban J connectivity index is 0.992. The molecular formula is C46H31F3N4O8S. The van der Waals surface area contributed by atoms with E-state index in [1.165, 1.54) is 98.0 Å². The van der Waals surface area contributed by atoms with Gasteiger partial charge in [-0.1, -0.05) is 42.0 Å². The van der Waals surface area contributed by atoms with E-state index in [1.54, 1.807) is 25.1 Å². The number of fused-ring (bicyclic) bond motifs is 2. The van der Waals surface area contributed by atoms with Gasteiger partial charge in [-0.25, -0.2) is 13.3 Å². The standard InChI is InChI=1S/C46H31F3N4O8S/c1-24-10-14-33(25(2)18-24)34-17-13-30(23-39(34)46(47,48)49)53-44(58)36-16-12-27(20-38(36)45(53)59)41(55)51-29-7-5-9-32(22-29)62(60,61)31-8-4-6-28(21-31)50-40(54)26-11-15-35-37(19-26)43(57)52(3)42(35)56/h4-23H,1-3H3,(H,50,54)(H,51,55). The highest BCUT2D eigenvalue weighted by Crippen LogP contribution is 2.42. The molecule has 0 unspecified atom stereocenters. The van der Waals surface area contributed by atoms with Crippen LogP contribution < -0.4 is 15.5 Å². The van der Waals surface area contributed by atoms with Crippen molar-refractivity contribution < 1.29 is 50.4 Å². The number of carbonyl (C=O) groups is 6. The molecule has 0 saturated carbocycles. The molecule has 0 aromatic heterocycles. The van der Waals surface area contributed by atoms with Gasteiger partial charge < -0.3 is 10.6 Å². The summed E-state index contributed by atoms with van der Waals surface area (Å²) in [5, 5.41) is 5.17. The van der Waals surface area contributed by atoms with Crippen molar-refractivity contribution in [2.45, 2.75) is 29.8 Å². The SMILES string of the molecule is Cc1ccc(-c2ccc(N3C(=O)c4ccc(C(=O)Nc5cccc(S(=O)(=O)c6cccc(NC(=O)c7ccc8c(c7)C(=O)N(C)C8=O)c6)c5)cc4C3=O)cc2C(F)(F)F)c(C)c1. The molecule has 2 heterocycles. The molecule has 6 aromatic rings. The Morgan fingerprint density at radius 1 is 0.548 bits per heavy atom. The van der Waals surface area contributed by atoms with Crippen molar-refractivity contribution in [3.05, 3.63) is 171 Å². The summed E-state index contributed by atoms with van der Waals surface area (Å²) in [6.45, 7) is 3.50. The van der Waals surface area contributed by atoms with Gasteiger partial charge in [-0.05, 0) is 115 Å². The Labute approximate surface area is 351 Å². The summed E-state index contributed by atoms with van der Waals surface area (Å²) in [7, 11) is -2.92. The van der Waals surface area contributed by atoms with Crippen molar-refractivity contribution in [1.29, 1.82) is 0 Å². The van der Waals surface area contributed by atoms with Crippen molar-refractivity contribution in [3.63, 3.8) is 0 Å². The van der Waals surface area contributed by atoms with Gasteiger partial charge in [-0.3, -0.25) is 33.7 Å². The van der Waals surface area contributed by atoms with E-state index in [9.17, 15) is 50.4 Å². The van der Waals surface area contributed by atoms with E-state index in [2.05, 4.69) is 10.6 Å². The smallest absolute Gasteiger partial charge is 0.322 e. The van der Waals surface area contributed by atoms with E-state index in [0.717, 1.165) is 22.6 Å². The molecule has 16 heteroatoms. The molecule has 0 atom stereocenters. The molecule has 0 spiro atoms. The zero-order valence-corrected chi connectivity index (χ0v) is 33.6. The summed E-state index contributed by atoms with van der Waals surface area (Å²) in [4.78, 5) is 79.4. The van der Waals surface area contributed by atoms with Crippen LogP contribution in [-0.4, -0.2) is 55.8 Å². The van der Waals surface area contributed by atoms with Crippen LogP contribution in [0.25, 0.3) is 11.1 Å². The first kappa shape index (κ1) is 41.0. The molecule has 2 aliphatic heterocycles. The van der Waals surface area contributed by atoms with Crippen molar-refractivity contribution in [2.75, 3.05) is 22.6 Å². The fraction of sp³-hybridized carbons (Fsp3) is 0.0870. The third-order valence-electron chi connectivity index (χ3n) is 10.5. The van der Waals surface area contributed by atoms with E-state index < -0.39 is 57.0 Å². The van der Waals surface area contributed by atoms with Crippen LogP contribution in [0.5, 0.6) is 0 Å². The summed E-state index contributed by atoms with van der Waals surface area (Å²) >= 11 is 0. The molecule has 6 amide bonds. The number of halogens is 3. The molecular weight excluding hydrogens is 826 g/mol. The molecule has 62 heavy (non-hydrogen) atoms. The van der Waals surface area contributed by atoms with Gasteiger partial charge in [0.05, 0.1) is 43.3 Å². The second kappa shape index (κ2) is 15.1. The van der Waals surface area contributed by atoms with Crippen LogP contribution in [0.2, 0.25) is 0 Å². The van der Waals surface area contributed by atoms with Gasteiger partial charge in [0.2, 0.25) is 9.84 Å². The van der Waals surface area contributed by atoms with Gasteiger partial charge in [-0.15, -0.1) is 0 Å². The molecule has 0 saturated heterocycles. The average Bonchev–Trinajstić information content (AvgIpc) is 3.62. The number of imide groups is 2. The lowest BCUT2D eigenvalue weighted by Crippen LogP contribution is -2.29. The molecule has 2 N–H and O–H groups in total. The summed E-state index contributed by atoms with van der Waals surface area (Å²) in [5.41, 5.74) is 0.344. The Morgan fingerprint density at radius 2 is 1.03 bits per heavy atom. The quantitative estimate of drug-likeness (QED) is 0.144. The van der Waals surface area contributed by atoms with E-state index >= 15 is 0 Å². The van der Waals surface area contributed by atoms with Gasteiger partial charge in [0.15, 0.2) is 0 Å². The number of hydrogen-bond acceptors (Lipinski definition) is 8. The van der Waals surface area contributed by atoms with Gasteiger partial charge in [0.25, 0.3) is 35.4 Å². The maximum Gasteiger partial charge on any atom is 0.417 e. The monoisotopic (exact) mass is 856 g/mol. The van der Waals surface area contributed by atoms with Crippen molar-refractivity contribution >= 4 is 62.3 Å². The number of aryl methyl sites for hydroxylation is 2. The van der Waals surface area contributed by atoms with Crippen molar-refractivity contribution in [2.24, 2.45) is 0 Å². The number of alkyl halides is 3. The lowest BCUT2D eigenvalue weighted by molar-refractivity contribution is -0.137. The van der Waals surface area contributed by atoms with E-state index in [-0.39, 0.29) is 65.8 Å². The van der Waals surface area contributed by atoms with E-state index in [1.807, 2.05) is 6.92 Å². The van der Waals surface area contributed by atoms with Gasteiger partial charge >= 0.3 is 6.18 Å². The Hall–Kier alpha value is -7.72. The number of nitrogens with zero attached hydrogens (tertiary/aromatic N) is 2. The molecule has 2 aliphatic rings. The molecule has 6 aromatic carbocycles. The number of sulfone groups is 1. The fourth-order valence-electron chi connectivity index (χ4n) is 7.40. The molecule has 0 bridgehead atoms. The fourth-order valence-corrected chi connectivity index (χ4v) is 8.75. The minimum absolute atomic E-state index is 0.0453. The molecule has 0 fully saturated rings. The normalized spacial score (nSPS) is 13.6. The molecule has 0 radical (unpaired) electrons. The highest BCUT2D eigenvalue weighted by molar-refractivity contribution is 7.91. The summed E-state index contributed by atoms with van der Waals surface area (Å²) in [6.07, 6.45) is -4.83. The highest BCUT2D eigenvalue weighted by Gasteiger charge is 2.40. The summed E-state index contributed by atoms with van der Waals surface area (Å²) in [5.74, 6) is -4.32. The predicted molar refractivity (Wildman–Crippen MR) is 221 cm³/mol. The van der Waals surface area contributed by atoms with Gasteiger partial charge in [-0.2, -0.15) is 13.2 Å². The minimum Gasteiger partial charge on any atom is -0.322 e. The number of anilines is 3. The van der Waals surface area contributed by atoms with Crippen molar-refractivity contribution in [3.8, 4) is 11.1 Å². The van der Waals surface area contributed by atoms with Gasteiger partial charge in [0, 0.05) is 29.5 Å². The predicted octanol–water partition coefficient (Wildman–Crippen LogP) is 8.35. The minimum atomic E-state index is -4.83. The second-order valence-corrected chi connectivity index (χ2v) is 16.6. The van der Waals surface area contributed by atoms with Crippen LogP contribution in [0.3, 0.4) is 0 Å². The number of amides is 6. The van der Waals surface area contributed by atoms with E-state index in [4.69, 9.17) is 0 Å². The number of hydrogen-bond donors (Lipinski definition) is 2. The molecule has 0 aliphatic carbocycles. The Morgan fingerprint density at radius 3 is 1.58 bits per heavy atom. The highest BCUT2D eigenvalue weighted by atomic mass is 32.2. The zero-order valence-electron chi connectivity index (χ0n) is 32.7. The molecule has 310 valence electrons. The largest absolute Gasteiger partial charge is 0.417 e. The second-order valence-electron chi connectivity index (χ2n) is 14.6. The topological polar surface area (TPSA) is 167 Å².